The Morgan fingerprint density at radius 2 is 2.39 bits per heavy atom. The molecule has 0 aliphatic carbocycles. The molecule has 2 aromatic rings. The van der Waals surface area contributed by atoms with Gasteiger partial charge in [0.05, 0.1) is 4.88 Å². The number of aromatic nitrogens is 2. The number of pyridine rings is 1. The maximum Gasteiger partial charge on any atom is 0.406 e. The number of hydrogen-bond donors (Lipinski definition) is 2. The van der Waals surface area contributed by atoms with Gasteiger partial charge in [0, 0.05) is 6.20 Å². The van der Waals surface area contributed by atoms with E-state index in [0.717, 1.165) is 4.88 Å². The number of ether oxygens (including phenoxy) is 1. The Labute approximate surface area is 106 Å². The fraction of sp³-hybridized carbons (Fsp3) is 0.111. The summed E-state index contributed by atoms with van der Waals surface area (Å²) in [4.78, 5) is 18.5. The molecule has 0 aliphatic heterocycles. The lowest BCUT2D eigenvalue weighted by molar-refractivity contribution is -0.390. The van der Waals surface area contributed by atoms with Crippen molar-refractivity contribution in [3.8, 4) is 5.75 Å². The number of nitro groups is 1. The Bertz CT molecular complexity index is 559. The highest BCUT2D eigenvalue weighted by molar-refractivity contribution is 7.15. The third-order valence-corrected chi connectivity index (χ3v) is 2.87. The zero-order chi connectivity index (χ0) is 13.0. The SMILES string of the molecule is NNc1ncc(COc2cccnc2[N+](=O)[O-])s1. The quantitative estimate of drug-likeness (QED) is 0.476. The van der Waals surface area contributed by atoms with Crippen LogP contribution in [-0.2, 0) is 6.61 Å². The number of nitrogens with two attached hydrogens (primary N) is 1. The van der Waals surface area contributed by atoms with Gasteiger partial charge in [0.2, 0.25) is 5.75 Å². The van der Waals surface area contributed by atoms with E-state index < -0.39 is 4.92 Å². The van der Waals surface area contributed by atoms with Crippen molar-refractivity contribution in [3.05, 3.63) is 39.5 Å². The second-order valence-corrected chi connectivity index (χ2v) is 4.26. The average molecular weight is 267 g/mol. The maximum absolute atomic E-state index is 10.7. The van der Waals surface area contributed by atoms with Crippen LogP contribution >= 0.6 is 11.3 Å². The van der Waals surface area contributed by atoms with Gasteiger partial charge in [-0.1, -0.05) is 11.3 Å². The van der Waals surface area contributed by atoms with Crippen LogP contribution in [0.5, 0.6) is 5.75 Å². The Morgan fingerprint density at radius 3 is 3.06 bits per heavy atom. The predicted octanol–water partition coefficient (Wildman–Crippen LogP) is 1.31. The highest BCUT2D eigenvalue weighted by Gasteiger charge is 2.15. The van der Waals surface area contributed by atoms with Crippen molar-refractivity contribution in [1.29, 1.82) is 0 Å². The van der Waals surface area contributed by atoms with Crippen molar-refractivity contribution in [1.82, 2.24) is 9.97 Å². The number of nitrogen functional groups attached to an aromatic ring is 1. The van der Waals surface area contributed by atoms with E-state index in [9.17, 15) is 10.1 Å². The third kappa shape index (κ3) is 2.70. The molecule has 0 aromatic carbocycles. The number of hydrazine groups is 1. The van der Waals surface area contributed by atoms with Gasteiger partial charge in [0.1, 0.15) is 12.8 Å². The van der Waals surface area contributed by atoms with E-state index in [1.54, 1.807) is 12.3 Å². The average Bonchev–Trinajstić information content (AvgIpc) is 2.84. The van der Waals surface area contributed by atoms with Gasteiger partial charge in [0.25, 0.3) is 0 Å². The molecule has 0 atom stereocenters. The summed E-state index contributed by atoms with van der Waals surface area (Å²) in [5, 5.41) is 11.3. The fourth-order valence-corrected chi connectivity index (χ4v) is 1.86. The highest BCUT2D eigenvalue weighted by atomic mass is 32.1. The molecular formula is C9H9N5O3S. The van der Waals surface area contributed by atoms with Crippen LogP contribution in [0, 0.1) is 10.1 Å². The minimum Gasteiger partial charge on any atom is -0.480 e. The minimum absolute atomic E-state index is 0.123. The molecule has 9 heteroatoms. The smallest absolute Gasteiger partial charge is 0.406 e. The van der Waals surface area contributed by atoms with Crippen LogP contribution in [0.4, 0.5) is 10.9 Å². The van der Waals surface area contributed by atoms with Gasteiger partial charge in [-0.3, -0.25) is 5.43 Å². The lowest BCUT2D eigenvalue weighted by Crippen LogP contribution is -2.05. The van der Waals surface area contributed by atoms with Gasteiger partial charge >= 0.3 is 5.82 Å². The van der Waals surface area contributed by atoms with E-state index in [2.05, 4.69) is 15.4 Å². The van der Waals surface area contributed by atoms with E-state index in [1.807, 2.05) is 0 Å². The second kappa shape index (κ2) is 5.38. The summed E-state index contributed by atoms with van der Waals surface area (Å²) in [5.74, 6) is 5.01. The molecule has 0 bridgehead atoms. The molecule has 0 aliphatic rings. The van der Waals surface area contributed by atoms with E-state index in [1.165, 1.54) is 23.6 Å². The van der Waals surface area contributed by atoms with Gasteiger partial charge in [-0.15, -0.1) is 0 Å². The molecule has 2 heterocycles. The van der Waals surface area contributed by atoms with E-state index in [0.29, 0.717) is 5.13 Å². The zero-order valence-corrected chi connectivity index (χ0v) is 9.88. The summed E-state index contributed by atoms with van der Waals surface area (Å²) in [6, 6.07) is 3.07. The van der Waals surface area contributed by atoms with Crippen LogP contribution in [-0.4, -0.2) is 14.9 Å². The molecule has 8 nitrogen and oxygen atoms in total. The molecule has 18 heavy (non-hydrogen) atoms. The molecule has 2 aromatic heterocycles. The van der Waals surface area contributed by atoms with Crippen LogP contribution in [0.25, 0.3) is 0 Å². The molecule has 0 unspecified atom stereocenters. The van der Waals surface area contributed by atoms with Crippen molar-refractivity contribution >= 4 is 22.3 Å². The monoisotopic (exact) mass is 267 g/mol. The maximum atomic E-state index is 10.7. The first-order valence-electron chi connectivity index (χ1n) is 4.84. The van der Waals surface area contributed by atoms with Crippen LogP contribution < -0.4 is 16.0 Å². The largest absolute Gasteiger partial charge is 0.480 e. The van der Waals surface area contributed by atoms with Gasteiger partial charge in [0.15, 0.2) is 5.13 Å². The molecule has 0 amide bonds. The number of nitrogens with one attached hydrogen (secondary N) is 1. The molecule has 0 spiro atoms. The molecule has 0 fully saturated rings. The van der Waals surface area contributed by atoms with Crippen molar-refractivity contribution in [3.63, 3.8) is 0 Å². The topological polar surface area (TPSA) is 116 Å². The van der Waals surface area contributed by atoms with Crippen molar-refractivity contribution in [2.75, 3.05) is 5.43 Å². The Balaban J connectivity index is 2.08. The first-order valence-corrected chi connectivity index (χ1v) is 5.66. The fourth-order valence-electron chi connectivity index (χ4n) is 1.22. The molecule has 3 N–H and O–H groups in total. The van der Waals surface area contributed by atoms with Crippen molar-refractivity contribution < 1.29 is 9.66 Å². The van der Waals surface area contributed by atoms with E-state index in [4.69, 9.17) is 10.6 Å². The normalized spacial score (nSPS) is 10.1. The summed E-state index contributed by atoms with van der Waals surface area (Å²) < 4.78 is 5.34. The van der Waals surface area contributed by atoms with E-state index in [-0.39, 0.29) is 18.2 Å². The first kappa shape index (κ1) is 12.2. The van der Waals surface area contributed by atoms with Crippen molar-refractivity contribution in [2.24, 2.45) is 5.84 Å². The van der Waals surface area contributed by atoms with Gasteiger partial charge < -0.3 is 14.9 Å². The number of anilines is 1. The molecule has 0 radical (unpaired) electrons. The number of hydrogen-bond acceptors (Lipinski definition) is 8. The number of nitrogens with zero attached hydrogens (tertiary/aromatic N) is 3. The lowest BCUT2D eigenvalue weighted by Gasteiger charge is -2.03. The van der Waals surface area contributed by atoms with Crippen LogP contribution in [0.1, 0.15) is 4.88 Å². The van der Waals surface area contributed by atoms with E-state index >= 15 is 0 Å². The van der Waals surface area contributed by atoms with Crippen LogP contribution in [0.15, 0.2) is 24.5 Å². The number of rotatable bonds is 5. The summed E-state index contributed by atoms with van der Waals surface area (Å²) >= 11 is 1.30. The highest BCUT2D eigenvalue weighted by Crippen LogP contribution is 2.25. The predicted molar refractivity (Wildman–Crippen MR) is 65.1 cm³/mol. The molecule has 94 valence electrons. The van der Waals surface area contributed by atoms with Crippen LogP contribution in [0.3, 0.4) is 0 Å². The van der Waals surface area contributed by atoms with Crippen molar-refractivity contribution in [2.45, 2.75) is 6.61 Å². The second-order valence-electron chi connectivity index (χ2n) is 3.15. The van der Waals surface area contributed by atoms with Gasteiger partial charge in [-0.2, -0.15) is 0 Å². The standard InChI is InChI=1S/C9H9N5O3S/c10-13-9-12-4-6(18-9)5-17-7-2-1-3-11-8(7)14(15)16/h1-4H,5,10H2,(H,12,13). The molecule has 2 rings (SSSR count). The molecule has 0 saturated carbocycles. The Morgan fingerprint density at radius 1 is 1.56 bits per heavy atom. The molecular weight excluding hydrogens is 258 g/mol. The Kier molecular flexibility index (Phi) is 3.65. The zero-order valence-electron chi connectivity index (χ0n) is 9.07. The first-order chi connectivity index (χ1) is 8.70. The minimum atomic E-state index is -0.588. The summed E-state index contributed by atoms with van der Waals surface area (Å²) in [6.07, 6.45) is 2.93. The lowest BCUT2D eigenvalue weighted by atomic mass is 10.4. The van der Waals surface area contributed by atoms with Gasteiger partial charge in [-0.05, 0) is 22.0 Å². The van der Waals surface area contributed by atoms with Crippen LogP contribution in [0.2, 0.25) is 0 Å². The molecule has 0 saturated heterocycles. The summed E-state index contributed by atoms with van der Waals surface area (Å²) in [5.41, 5.74) is 2.41. The third-order valence-electron chi connectivity index (χ3n) is 1.97. The number of thiazole rings is 1. The van der Waals surface area contributed by atoms with Gasteiger partial charge in [-0.25, -0.2) is 10.8 Å². The summed E-state index contributed by atoms with van der Waals surface area (Å²) in [7, 11) is 0. The summed E-state index contributed by atoms with van der Waals surface area (Å²) in [6.45, 7) is 0.173. The Hall–Kier alpha value is -2.26.